The standard InChI is InChI=1S/C26H33N3O5S/c1-3-35(32,33)24-7-4-19(14-27-24)29-13-10-26(17-29)8-11-28(12-9-26)15-23(30)20-5-6-21-22(18(20)2)16-34-25(21)31/h4-7,14,23,30H,3,8-13,15-17H2,1-2H3/t23-/m0/s1. The number of piperidine rings is 1. The van der Waals surface area contributed by atoms with E-state index < -0.39 is 15.9 Å². The number of aliphatic hydroxyl groups excluding tert-OH is 1. The molecule has 1 spiro atoms. The number of likely N-dealkylation sites (tertiary alicyclic amines) is 1. The van der Waals surface area contributed by atoms with E-state index in [2.05, 4.69) is 14.8 Å². The fourth-order valence-corrected chi connectivity index (χ4v) is 6.52. The number of aromatic nitrogens is 1. The van der Waals surface area contributed by atoms with Gasteiger partial charge in [0.25, 0.3) is 0 Å². The monoisotopic (exact) mass is 499 g/mol. The highest BCUT2D eigenvalue weighted by Crippen LogP contribution is 2.42. The molecule has 0 aliphatic carbocycles. The van der Waals surface area contributed by atoms with Gasteiger partial charge in [0, 0.05) is 25.2 Å². The Morgan fingerprint density at radius 1 is 1.14 bits per heavy atom. The predicted octanol–water partition coefficient (Wildman–Crippen LogP) is 2.88. The lowest BCUT2D eigenvalue weighted by Gasteiger charge is -2.40. The van der Waals surface area contributed by atoms with Crippen LogP contribution in [-0.2, 0) is 21.2 Å². The van der Waals surface area contributed by atoms with Gasteiger partial charge < -0.3 is 19.6 Å². The van der Waals surface area contributed by atoms with E-state index in [0.29, 0.717) is 12.1 Å². The minimum atomic E-state index is -3.29. The van der Waals surface area contributed by atoms with Crippen molar-refractivity contribution in [2.24, 2.45) is 5.41 Å². The summed E-state index contributed by atoms with van der Waals surface area (Å²) in [6.45, 7) is 8.20. The van der Waals surface area contributed by atoms with Gasteiger partial charge in [-0.3, -0.25) is 0 Å². The van der Waals surface area contributed by atoms with Gasteiger partial charge in [-0.15, -0.1) is 0 Å². The molecule has 0 unspecified atom stereocenters. The molecule has 0 saturated carbocycles. The summed E-state index contributed by atoms with van der Waals surface area (Å²) in [4.78, 5) is 20.7. The number of benzene rings is 1. The van der Waals surface area contributed by atoms with Crippen LogP contribution in [0.5, 0.6) is 0 Å². The summed E-state index contributed by atoms with van der Waals surface area (Å²) in [6, 6.07) is 7.12. The van der Waals surface area contributed by atoms with Gasteiger partial charge in [-0.2, -0.15) is 0 Å². The zero-order valence-corrected chi connectivity index (χ0v) is 21.2. The molecule has 5 rings (SSSR count). The number of nitrogens with zero attached hydrogens (tertiary/aromatic N) is 3. The molecular weight excluding hydrogens is 466 g/mol. The van der Waals surface area contributed by atoms with E-state index in [0.717, 1.165) is 67.8 Å². The van der Waals surface area contributed by atoms with Gasteiger partial charge in [0.05, 0.1) is 29.3 Å². The number of β-amino-alcohol motifs (C(OH)–C–C–N with tert-alkyl or cyclic N) is 1. The van der Waals surface area contributed by atoms with Crippen molar-refractivity contribution in [3.05, 3.63) is 52.7 Å². The van der Waals surface area contributed by atoms with Crippen LogP contribution in [0.25, 0.3) is 0 Å². The Bertz CT molecular complexity index is 1220. The first-order valence-corrected chi connectivity index (χ1v) is 14.0. The molecule has 1 aromatic carbocycles. The summed E-state index contributed by atoms with van der Waals surface area (Å²) < 4.78 is 29.2. The lowest BCUT2D eigenvalue weighted by molar-refractivity contribution is 0.0534. The largest absolute Gasteiger partial charge is 0.457 e. The van der Waals surface area contributed by atoms with Crippen molar-refractivity contribution in [3.63, 3.8) is 0 Å². The van der Waals surface area contributed by atoms with Gasteiger partial charge in [-0.05, 0) is 74.0 Å². The number of aliphatic hydroxyl groups is 1. The quantitative estimate of drug-likeness (QED) is 0.606. The second kappa shape index (κ2) is 9.19. The Morgan fingerprint density at radius 2 is 1.89 bits per heavy atom. The number of rotatable bonds is 6. The lowest BCUT2D eigenvalue weighted by Crippen LogP contribution is -2.43. The Balaban J connectivity index is 1.18. The maximum atomic E-state index is 12.0. The molecule has 2 saturated heterocycles. The van der Waals surface area contributed by atoms with E-state index in [1.165, 1.54) is 0 Å². The molecule has 35 heavy (non-hydrogen) atoms. The van der Waals surface area contributed by atoms with Crippen LogP contribution in [0, 0.1) is 12.3 Å². The van der Waals surface area contributed by atoms with Crippen molar-refractivity contribution in [2.75, 3.05) is 43.4 Å². The van der Waals surface area contributed by atoms with Crippen molar-refractivity contribution in [3.8, 4) is 0 Å². The maximum absolute atomic E-state index is 12.0. The third-order valence-electron chi connectivity index (χ3n) is 8.14. The average molecular weight is 500 g/mol. The number of sulfone groups is 1. The Kier molecular flexibility index (Phi) is 6.35. The molecule has 188 valence electrons. The molecule has 1 N–H and O–H groups in total. The topological polar surface area (TPSA) is 100 Å². The van der Waals surface area contributed by atoms with Crippen molar-refractivity contribution >= 4 is 21.5 Å². The number of carbonyl (C=O) groups excluding carboxylic acids is 1. The molecular formula is C26H33N3O5S. The molecule has 3 aliphatic heterocycles. The highest BCUT2D eigenvalue weighted by Gasteiger charge is 2.41. The summed E-state index contributed by atoms with van der Waals surface area (Å²) in [5, 5.41) is 11.1. The fourth-order valence-electron chi connectivity index (χ4n) is 5.74. The zero-order chi connectivity index (χ0) is 24.8. The molecule has 9 heteroatoms. The van der Waals surface area contributed by atoms with E-state index in [1.54, 1.807) is 25.3 Å². The number of hydrogen-bond donors (Lipinski definition) is 1. The minimum Gasteiger partial charge on any atom is -0.457 e. The summed E-state index contributed by atoms with van der Waals surface area (Å²) in [5.74, 6) is -0.230. The number of carbonyl (C=O) groups is 1. The van der Waals surface area contributed by atoms with Gasteiger partial charge in [0.1, 0.15) is 6.61 Å². The highest BCUT2D eigenvalue weighted by atomic mass is 32.2. The molecule has 8 nitrogen and oxygen atoms in total. The van der Waals surface area contributed by atoms with Gasteiger partial charge in [0.15, 0.2) is 14.9 Å². The minimum absolute atomic E-state index is 0.0531. The first kappa shape index (κ1) is 24.2. The van der Waals surface area contributed by atoms with Crippen LogP contribution in [0.1, 0.15) is 59.3 Å². The number of ether oxygens (including phenoxy) is 1. The number of hydrogen-bond acceptors (Lipinski definition) is 8. The van der Waals surface area contributed by atoms with E-state index in [4.69, 9.17) is 4.74 Å². The van der Waals surface area contributed by atoms with Crippen LogP contribution in [0.15, 0.2) is 35.5 Å². The van der Waals surface area contributed by atoms with Crippen molar-refractivity contribution in [1.82, 2.24) is 9.88 Å². The number of cyclic esters (lactones) is 1. The molecule has 0 amide bonds. The lowest BCUT2D eigenvalue weighted by atomic mass is 9.77. The third-order valence-corrected chi connectivity index (χ3v) is 9.78. The maximum Gasteiger partial charge on any atom is 0.338 e. The molecule has 3 aliphatic rings. The normalized spacial score (nSPS) is 20.8. The molecule has 0 bridgehead atoms. The van der Waals surface area contributed by atoms with Crippen molar-refractivity contribution in [1.29, 1.82) is 0 Å². The summed E-state index contributed by atoms with van der Waals surface area (Å²) in [6.07, 6.45) is 4.32. The van der Waals surface area contributed by atoms with E-state index >= 15 is 0 Å². The Hall–Kier alpha value is -2.49. The third kappa shape index (κ3) is 4.57. The predicted molar refractivity (Wildman–Crippen MR) is 132 cm³/mol. The molecule has 4 heterocycles. The van der Waals surface area contributed by atoms with E-state index in [-0.39, 0.29) is 28.8 Å². The number of fused-ring (bicyclic) bond motifs is 1. The number of esters is 1. The Morgan fingerprint density at radius 3 is 2.57 bits per heavy atom. The van der Waals surface area contributed by atoms with Crippen molar-refractivity contribution in [2.45, 2.75) is 50.8 Å². The summed E-state index contributed by atoms with van der Waals surface area (Å²) in [5.41, 5.74) is 4.55. The molecule has 0 radical (unpaired) electrons. The van der Waals surface area contributed by atoms with Gasteiger partial charge in [0.2, 0.25) is 0 Å². The van der Waals surface area contributed by atoms with E-state index in [1.807, 2.05) is 19.1 Å². The SMILES string of the molecule is CCS(=O)(=O)c1ccc(N2CCC3(CCN(C[C@H](O)c4ccc5c(c4C)COC5=O)CC3)C2)cn1. The first-order valence-electron chi connectivity index (χ1n) is 12.3. The number of pyridine rings is 1. The second-order valence-electron chi connectivity index (χ2n) is 10.1. The van der Waals surface area contributed by atoms with E-state index in [9.17, 15) is 18.3 Å². The molecule has 2 aromatic rings. The van der Waals surface area contributed by atoms with Crippen LogP contribution >= 0.6 is 0 Å². The van der Waals surface area contributed by atoms with Gasteiger partial charge in [-0.25, -0.2) is 18.2 Å². The molecule has 2 fully saturated rings. The zero-order valence-electron chi connectivity index (χ0n) is 20.4. The Labute approximate surface area is 206 Å². The highest BCUT2D eigenvalue weighted by molar-refractivity contribution is 7.91. The van der Waals surface area contributed by atoms with Crippen LogP contribution in [-0.4, -0.2) is 67.9 Å². The van der Waals surface area contributed by atoms with Gasteiger partial charge in [-0.1, -0.05) is 13.0 Å². The smallest absolute Gasteiger partial charge is 0.338 e. The molecule has 1 aromatic heterocycles. The second-order valence-corrected chi connectivity index (χ2v) is 12.4. The van der Waals surface area contributed by atoms with Crippen molar-refractivity contribution < 1.29 is 23.1 Å². The number of anilines is 1. The van der Waals surface area contributed by atoms with Crippen LogP contribution in [0.2, 0.25) is 0 Å². The van der Waals surface area contributed by atoms with Crippen LogP contribution in [0.4, 0.5) is 5.69 Å². The fraction of sp³-hybridized carbons (Fsp3) is 0.538. The average Bonchev–Trinajstić information content (AvgIpc) is 3.45. The van der Waals surface area contributed by atoms with Crippen LogP contribution < -0.4 is 4.90 Å². The summed E-state index contributed by atoms with van der Waals surface area (Å²) >= 11 is 0. The molecule has 1 atom stereocenters. The summed E-state index contributed by atoms with van der Waals surface area (Å²) in [7, 11) is -3.29. The van der Waals surface area contributed by atoms with Crippen LogP contribution in [0.3, 0.4) is 0 Å². The van der Waals surface area contributed by atoms with Gasteiger partial charge >= 0.3 is 5.97 Å². The first-order chi connectivity index (χ1) is 16.7.